The Morgan fingerprint density at radius 3 is 2.64 bits per heavy atom. The molecular formula is C20H23N5O3. The van der Waals surface area contributed by atoms with Crippen LogP contribution in [0.25, 0.3) is 0 Å². The second kappa shape index (κ2) is 7.84. The molecule has 28 heavy (non-hydrogen) atoms. The molecular weight excluding hydrogens is 358 g/mol. The monoisotopic (exact) mass is 381 g/mol. The lowest BCUT2D eigenvalue weighted by Crippen LogP contribution is -2.40. The molecule has 146 valence electrons. The molecule has 0 bridgehead atoms. The minimum Gasteiger partial charge on any atom is -0.351 e. The van der Waals surface area contributed by atoms with Crippen LogP contribution in [0, 0.1) is 0 Å². The maximum absolute atomic E-state index is 12.8. The summed E-state index contributed by atoms with van der Waals surface area (Å²) in [6.45, 7) is 1.97. The third-order valence-electron chi connectivity index (χ3n) is 5.22. The molecule has 0 spiro atoms. The minimum absolute atomic E-state index is 0.0680. The van der Waals surface area contributed by atoms with Crippen molar-refractivity contribution in [1.82, 2.24) is 15.3 Å². The third kappa shape index (κ3) is 3.76. The number of anilines is 2. The van der Waals surface area contributed by atoms with Crippen molar-refractivity contribution in [2.45, 2.75) is 38.1 Å². The lowest BCUT2D eigenvalue weighted by atomic mass is 9.92. The van der Waals surface area contributed by atoms with Crippen LogP contribution >= 0.6 is 0 Å². The summed E-state index contributed by atoms with van der Waals surface area (Å²) in [5.74, 6) is -0.860. The van der Waals surface area contributed by atoms with Crippen molar-refractivity contribution in [3.63, 3.8) is 0 Å². The van der Waals surface area contributed by atoms with Crippen LogP contribution in [0.3, 0.4) is 0 Å². The summed E-state index contributed by atoms with van der Waals surface area (Å²) in [4.78, 5) is 46.9. The van der Waals surface area contributed by atoms with E-state index in [4.69, 9.17) is 0 Å². The normalized spacial score (nSPS) is 18.9. The summed E-state index contributed by atoms with van der Waals surface area (Å²) >= 11 is 0. The Morgan fingerprint density at radius 1 is 1.14 bits per heavy atom. The number of aromatic nitrogens is 2. The smallest absolute Gasteiger partial charge is 0.258 e. The number of hydrogen-bond acceptors (Lipinski definition) is 5. The number of fused-ring (bicyclic) bond motifs is 1. The fraction of sp³-hybridized carbons (Fsp3) is 0.400. The predicted octanol–water partition coefficient (Wildman–Crippen LogP) is 1.50. The fourth-order valence-corrected chi connectivity index (χ4v) is 3.75. The molecule has 1 aromatic heterocycles. The second-order valence-electron chi connectivity index (χ2n) is 7.21. The van der Waals surface area contributed by atoms with Crippen LogP contribution in [0.4, 0.5) is 11.8 Å². The first-order chi connectivity index (χ1) is 13.6. The van der Waals surface area contributed by atoms with Crippen molar-refractivity contribution in [3.8, 4) is 0 Å². The summed E-state index contributed by atoms with van der Waals surface area (Å²) in [6.07, 6.45) is 3.17. The van der Waals surface area contributed by atoms with Crippen molar-refractivity contribution < 1.29 is 9.59 Å². The van der Waals surface area contributed by atoms with Crippen molar-refractivity contribution >= 4 is 23.6 Å². The molecule has 1 saturated heterocycles. The van der Waals surface area contributed by atoms with Gasteiger partial charge in [0.2, 0.25) is 17.8 Å². The van der Waals surface area contributed by atoms with Gasteiger partial charge in [0.15, 0.2) is 0 Å². The predicted molar refractivity (Wildman–Crippen MR) is 105 cm³/mol. The van der Waals surface area contributed by atoms with Crippen LogP contribution in [0.5, 0.6) is 0 Å². The van der Waals surface area contributed by atoms with Crippen molar-refractivity contribution in [3.05, 3.63) is 51.8 Å². The zero-order chi connectivity index (χ0) is 19.5. The number of nitrogens with zero attached hydrogens (tertiary/aromatic N) is 2. The van der Waals surface area contributed by atoms with Crippen LogP contribution in [0.2, 0.25) is 0 Å². The van der Waals surface area contributed by atoms with Crippen LogP contribution < -0.4 is 21.1 Å². The molecule has 2 aliphatic rings. The molecule has 1 fully saturated rings. The van der Waals surface area contributed by atoms with E-state index in [0.29, 0.717) is 12.5 Å². The van der Waals surface area contributed by atoms with Gasteiger partial charge in [-0.2, -0.15) is 4.98 Å². The molecule has 0 unspecified atom stereocenters. The molecule has 3 N–H and O–H groups in total. The summed E-state index contributed by atoms with van der Waals surface area (Å²) in [7, 11) is 0. The first-order valence-electron chi connectivity index (χ1n) is 9.62. The highest BCUT2D eigenvalue weighted by Gasteiger charge is 2.35. The number of aromatic amines is 1. The number of rotatable bonds is 4. The summed E-state index contributed by atoms with van der Waals surface area (Å²) in [6, 6.07) is 9.49. The van der Waals surface area contributed by atoms with E-state index in [1.165, 1.54) is 0 Å². The first kappa shape index (κ1) is 18.2. The maximum atomic E-state index is 12.8. The molecule has 2 aliphatic heterocycles. The Kier molecular flexibility index (Phi) is 5.10. The number of nitrogens with one attached hydrogen (secondary N) is 3. The van der Waals surface area contributed by atoms with E-state index in [1.807, 2.05) is 35.2 Å². The molecule has 4 rings (SSSR count). The lowest BCUT2D eigenvalue weighted by Gasteiger charge is -2.29. The van der Waals surface area contributed by atoms with Gasteiger partial charge in [-0.15, -0.1) is 0 Å². The summed E-state index contributed by atoms with van der Waals surface area (Å²) in [5.41, 5.74) is 0.806. The van der Waals surface area contributed by atoms with Crippen LogP contribution in [-0.2, 0) is 16.1 Å². The number of H-pyrrole nitrogens is 1. The number of carbonyl (C=O) groups excluding carboxylic acids is 2. The van der Waals surface area contributed by atoms with Gasteiger partial charge in [-0.25, -0.2) is 0 Å². The number of carbonyl (C=O) groups is 2. The Bertz CT molecular complexity index is 935. The average molecular weight is 381 g/mol. The lowest BCUT2D eigenvalue weighted by molar-refractivity contribution is -0.126. The summed E-state index contributed by atoms with van der Waals surface area (Å²) < 4.78 is 0. The first-order valence-corrected chi connectivity index (χ1v) is 9.62. The zero-order valence-corrected chi connectivity index (χ0v) is 15.5. The maximum Gasteiger partial charge on any atom is 0.258 e. The highest BCUT2D eigenvalue weighted by molar-refractivity contribution is 6.00. The average Bonchev–Trinajstić information content (AvgIpc) is 2.72. The van der Waals surface area contributed by atoms with Crippen molar-refractivity contribution in [2.24, 2.45) is 0 Å². The molecule has 0 radical (unpaired) electrons. The molecule has 3 heterocycles. The number of hydrogen-bond donors (Lipinski definition) is 3. The Labute approximate surface area is 162 Å². The molecule has 2 aromatic rings. The van der Waals surface area contributed by atoms with E-state index in [0.717, 1.165) is 37.9 Å². The summed E-state index contributed by atoms with van der Waals surface area (Å²) in [5, 5.41) is 5.49. The second-order valence-corrected chi connectivity index (χ2v) is 7.21. The minimum atomic E-state index is -0.848. The zero-order valence-electron chi connectivity index (χ0n) is 15.5. The number of amides is 2. The Balaban J connectivity index is 1.58. The number of benzene rings is 1. The van der Waals surface area contributed by atoms with Crippen molar-refractivity contribution in [1.29, 1.82) is 0 Å². The molecule has 0 aliphatic carbocycles. The van der Waals surface area contributed by atoms with E-state index in [1.54, 1.807) is 0 Å². The highest BCUT2D eigenvalue weighted by Crippen LogP contribution is 2.29. The van der Waals surface area contributed by atoms with E-state index >= 15 is 0 Å². The Hall–Kier alpha value is -3.16. The SMILES string of the molecule is O=C1C[C@H](C(=O)NCc2ccccc2)c2c(nc(N3CCCCC3)[nH]c2=O)N1. The molecule has 8 nitrogen and oxygen atoms in total. The third-order valence-corrected chi connectivity index (χ3v) is 5.22. The van der Waals surface area contributed by atoms with Gasteiger partial charge in [0.25, 0.3) is 5.56 Å². The molecule has 1 aromatic carbocycles. The quantitative estimate of drug-likeness (QED) is 0.744. The van der Waals surface area contributed by atoms with E-state index < -0.39 is 5.92 Å². The standard InChI is InChI=1S/C20H23N5O3/c26-15-11-14(18(27)21-12-13-7-3-1-4-8-13)16-17(22-15)23-20(24-19(16)28)25-9-5-2-6-10-25/h1,3-4,7-8,14H,2,5-6,9-12H2,(H,21,27)(H2,22,23,24,26,28)/t14-/m0/s1. The van der Waals surface area contributed by atoms with Gasteiger partial charge in [0.05, 0.1) is 11.5 Å². The van der Waals surface area contributed by atoms with Gasteiger partial charge in [0, 0.05) is 26.1 Å². The largest absolute Gasteiger partial charge is 0.351 e. The van der Waals surface area contributed by atoms with Gasteiger partial charge in [-0.05, 0) is 24.8 Å². The van der Waals surface area contributed by atoms with Gasteiger partial charge < -0.3 is 15.5 Å². The van der Waals surface area contributed by atoms with Crippen molar-refractivity contribution in [2.75, 3.05) is 23.3 Å². The van der Waals surface area contributed by atoms with E-state index in [2.05, 4.69) is 20.6 Å². The highest BCUT2D eigenvalue weighted by atomic mass is 16.2. The fourth-order valence-electron chi connectivity index (χ4n) is 3.75. The molecule has 2 amide bonds. The van der Waals surface area contributed by atoms with Crippen LogP contribution in [0.1, 0.15) is 42.7 Å². The van der Waals surface area contributed by atoms with E-state index in [9.17, 15) is 14.4 Å². The van der Waals surface area contributed by atoms with Gasteiger partial charge in [-0.3, -0.25) is 19.4 Å². The van der Waals surface area contributed by atoms with Crippen LogP contribution in [-0.4, -0.2) is 34.9 Å². The Morgan fingerprint density at radius 2 is 1.89 bits per heavy atom. The van der Waals surface area contributed by atoms with Crippen LogP contribution in [0.15, 0.2) is 35.1 Å². The van der Waals surface area contributed by atoms with E-state index in [-0.39, 0.29) is 35.2 Å². The number of piperidine rings is 1. The van der Waals surface area contributed by atoms with Gasteiger partial charge >= 0.3 is 0 Å². The van der Waals surface area contributed by atoms with Gasteiger partial charge in [0.1, 0.15) is 5.82 Å². The van der Waals surface area contributed by atoms with Gasteiger partial charge in [-0.1, -0.05) is 30.3 Å². The molecule has 8 heteroatoms. The topological polar surface area (TPSA) is 107 Å². The molecule has 1 atom stereocenters. The molecule has 0 saturated carbocycles.